The van der Waals surface area contributed by atoms with E-state index in [0.29, 0.717) is 17.9 Å². The third-order valence-corrected chi connectivity index (χ3v) is 3.79. The minimum atomic E-state index is -0.493. The summed E-state index contributed by atoms with van der Waals surface area (Å²) in [6.07, 6.45) is 0. The molecule has 0 saturated heterocycles. The molecular weight excluding hydrogens is 316 g/mol. The first kappa shape index (κ1) is 16.5. The van der Waals surface area contributed by atoms with Crippen molar-refractivity contribution in [3.63, 3.8) is 0 Å². The third-order valence-electron chi connectivity index (χ3n) is 3.79. The average molecular weight is 334 g/mol. The minimum Gasteiger partial charge on any atom is -0.484 e. The Morgan fingerprint density at radius 3 is 2.52 bits per heavy atom. The van der Waals surface area contributed by atoms with Gasteiger partial charge in [0.1, 0.15) is 5.75 Å². The van der Waals surface area contributed by atoms with E-state index in [0.717, 1.165) is 16.3 Å². The standard InChI is InChI=1S/C20H18N2O3/c21-20(24)17-7-3-4-14(10-17)12-22-19(23)13-25-18-9-8-15-5-1-2-6-16(15)11-18/h1-11H,12-13H2,(H2,21,24)(H,22,23). The number of rotatable bonds is 6. The van der Waals surface area contributed by atoms with E-state index in [1.54, 1.807) is 18.2 Å². The van der Waals surface area contributed by atoms with Crippen LogP contribution in [0, 0.1) is 0 Å². The van der Waals surface area contributed by atoms with Crippen molar-refractivity contribution < 1.29 is 14.3 Å². The number of nitrogens with two attached hydrogens (primary N) is 1. The lowest BCUT2D eigenvalue weighted by atomic mass is 10.1. The number of fused-ring (bicyclic) bond motifs is 1. The fraction of sp³-hybridized carbons (Fsp3) is 0.100. The van der Waals surface area contributed by atoms with Crippen LogP contribution in [-0.2, 0) is 11.3 Å². The Morgan fingerprint density at radius 2 is 1.72 bits per heavy atom. The molecular formula is C20H18N2O3. The highest BCUT2D eigenvalue weighted by atomic mass is 16.5. The Balaban J connectivity index is 1.53. The molecule has 0 fully saturated rings. The summed E-state index contributed by atoms with van der Waals surface area (Å²) in [7, 11) is 0. The van der Waals surface area contributed by atoms with Gasteiger partial charge < -0.3 is 15.8 Å². The Kier molecular flexibility index (Phi) is 4.95. The Bertz CT molecular complexity index is 921. The lowest BCUT2D eigenvalue weighted by Gasteiger charge is -2.09. The SMILES string of the molecule is NC(=O)c1cccc(CNC(=O)COc2ccc3ccccc3c2)c1. The van der Waals surface area contributed by atoms with Gasteiger partial charge in [-0.3, -0.25) is 9.59 Å². The van der Waals surface area contributed by atoms with E-state index in [1.807, 2.05) is 48.5 Å². The lowest BCUT2D eigenvalue weighted by Crippen LogP contribution is -2.28. The number of hydrogen-bond acceptors (Lipinski definition) is 3. The maximum atomic E-state index is 11.9. The van der Waals surface area contributed by atoms with Gasteiger partial charge in [-0.05, 0) is 40.6 Å². The van der Waals surface area contributed by atoms with Gasteiger partial charge in [-0.1, -0.05) is 42.5 Å². The Morgan fingerprint density at radius 1 is 0.920 bits per heavy atom. The predicted molar refractivity (Wildman–Crippen MR) is 96.2 cm³/mol. The molecule has 0 aliphatic heterocycles. The van der Waals surface area contributed by atoms with Crippen molar-refractivity contribution in [1.29, 1.82) is 0 Å². The van der Waals surface area contributed by atoms with Crippen LogP contribution in [-0.4, -0.2) is 18.4 Å². The minimum absolute atomic E-state index is 0.0755. The molecule has 0 spiro atoms. The number of nitrogens with one attached hydrogen (secondary N) is 1. The van der Waals surface area contributed by atoms with Crippen LogP contribution in [0.5, 0.6) is 5.75 Å². The molecule has 0 aliphatic carbocycles. The van der Waals surface area contributed by atoms with Gasteiger partial charge in [0, 0.05) is 12.1 Å². The van der Waals surface area contributed by atoms with Crippen LogP contribution in [0.3, 0.4) is 0 Å². The molecule has 3 aromatic carbocycles. The van der Waals surface area contributed by atoms with Crippen LogP contribution >= 0.6 is 0 Å². The zero-order valence-electron chi connectivity index (χ0n) is 13.6. The summed E-state index contributed by atoms with van der Waals surface area (Å²) in [5, 5.41) is 4.93. The highest BCUT2D eigenvalue weighted by molar-refractivity contribution is 5.92. The maximum absolute atomic E-state index is 11.9. The lowest BCUT2D eigenvalue weighted by molar-refractivity contribution is -0.123. The molecule has 0 bridgehead atoms. The third kappa shape index (κ3) is 4.35. The average Bonchev–Trinajstić information content (AvgIpc) is 2.64. The number of ether oxygens (including phenoxy) is 1. The van der Waals surface area contributed by atoms with Gasteiger partial charge in [0.15, 0.2) is 6.61 Å². The van der Waals surface area contributed by atoms with E-state index in [-0.39, 0.29) is 12.5 Å². The predicted octanol–water partition coefficient (Wildman–Crippen LogP) is 2.63. The van der Waals surface area contributed by atoms with Crippen molar-refractivity contribution >= 4 is 22.6 Å². The van der Waals surface area contributed by atoms with Crippen LogP contribution in [0.25, 0.3) is 10.8 Å². The second kappa shape index (κ2) is 7.49. The number of carbonyl (C=O) groups is 2. The summed E-state index contributed by atoms with van der Waals surface area (Å²) >= 11 is 0. The van der Waals surface area contributed by atoms with Crippen molar-refractivity contribution in [1.82, 2.24) is 5.32 Å². The number of benzene rings is 3. The van der Waals surface area contributed by atoms with Crippen molar-refractivity contribution in [3.05, 3.63) is 77.9 Å². The van der Waals surface area contributed by atoms with Gasteiger partial charge in [-0.2, -0.15) is 0 Å². The smallest absolute Gasteiger partial charge is 0.258 e. The monoisotopic (exact) mass is 334 g/mol. The molecule has 0 radical (unpaired) electrons. The maximum Gasteiger partial charge on any atom is 0.258 e. The molecule has 0 unspecified atom stereocenters. The van der Waals surface area contributed by atoms with Gasteiger partial charge in [0.25, 0.3) is 5.91 Å². The molecule has 2 amide bonds. The number of amides is 2. The molecule has 3 N–H and O–H groups in total. The van der Waals surface area contributed by atoms with Crippen LogP contribution in [0.1, 0.15) is 15.9 Å². The number of carbonyl (C=O) groups excluding carboxylic acids is 2. The summed E-state index contributed by atoms with van der Waals surface area (Å²) in [6, 6.07) is 20.5. The second-order valence-electron chi connectivity index (χ2n) is 5.64. The van der Waals surface area contributed by atoms with Crippen molar-refractivity contribution in [2.45, 2.75) is 6.54 Å². The second-order valence-corrected chi connectivity index (χ2v) is 5.64. The van der Waals surface area contributed by atoms with E-state index in [2.05, 4.69) is 5.32 Å². The number of primary amides is 1. The van der Waals surface area contributed by atoms with Gasteiger partial charge in [0.2, 0.25) is 5.91 Å². The molecule has 0 heterocycles. The van der Waals surface area contributed by atoms with Gasteiger partial charge >= 0.3 is 0 Å². The zero-order chi connectivity index (χ0) is 17.6. The molecule has 0 aliphatic rings. The first-order valence-electron chi connectivity index (χ1n) is 7.89. The largest absolute Gasteiger partial charge is 0.484 e. The summed E-state index contributed by atoms with van der Waals surface area (Å²) < 4.78 is 5.54. The summed E-state index contributed by atoms with van der Waals surface area (Å²) in [4.78, 5) is 23.1. The molecule has 3 aromatic rings. The topological polar surface area (TPSA) is 81.4 Å². The fourth-order valence-corrected chi connectivity index (χ4v) is 2.49. The highest BCUT2D eigenvalue weighted by Gasteiger charge is 2.05. The Labute approximate surface area is 145 Å². The van der Waals surface area contributed by atoms with E-state index in [4.69, 9.17) is 10.5 Å². The normalized spacial score (nSPS) is 10.4. The fourth-order valence-electron chi connectivity index (χ4n) is 2.49. The van der Waals surface area contributed by atoms with Crippen molar-refractivity contribution in [3.8, 4) is 5.75 Å². The molecule has 5 nitrogen and oxygen atoms in total. The molecule has 0 aromatic heterocycles. The molecule has 3 rings (SSSR count). The summed E-state index contributed by atoms with van der Waals surface area (Å²) in [6.45, 7) is 0.231. The van der Waals surface area contributed by atoms with E-state index in [1.165, 1.54) is 0 Å². The van der Waals surface area contributed by atoms with Crippen LogP contribution in [0.4, 0.5) is 0 Å². The number of hydrogen-bond donors (Lipinski definition) is 2. The van der Waals surface area contributed by atoms with Gasteiger partial charge in [-0.25, -0.2) is 0 Å². The van der Waals surface area contributed by atoms with Crippen LogP contribution in [0.2, 0.25) is 0 Å². The van der Waals surface area contributed by atoms with E-state index < -0.39 is 5.91 Å². The summed E-state index contributed by atoms with van der Waals surface area (Å²) in [5.41, 5.74) is 6.46. The van der Waals surface area contributed by atoms with Crippen LogP contribution < -0.4 is 15.8 Å². The first-order valence-corrected chi connectivity index (χ1v) is 7.89. The Hall–Kier alpha value is -3.34. The van der Waals surface area contributed by atoms with Crippen molar-refractivity contribution in [2.75, 3.05) is 6.61 Å². The quantitative estimate of drug-likeness (QED) is 0.727. The highest BCUT2D eigenvalue weighted by Crippen LogP contribution is 2.20. The molecule has 25 heavy (non-hydrogen) atoms. The van der Waals surface area contributed by atoms with E-state index >= 15 is 0 Å². The molecule has 126 valence electrons. The van der Waals surface area contributed by atoms with Crippen LogP contribution in [0.15, 0.2) is 66.7 Å². The van der Waals surface area contributed by atoms with E-state index in [9.17, 15) is 9.59 Å². The first-order chi connectivity index (χ1) is 12.1. The van der Waals surface area contributed by atoms with Crippen molar-refractivity contribution in [2.24, 2.45) is 5.73 Å². The summed E-state index contributed by atoms with van der Waals surface area (Å²) in [5.74, 6) is -0.0879. The molecule has 0 saturated carbocycles. The molecule has 5 heteroatoms. The van der Waals surface area contributed by atoms with Gasteiger partial charge in [0.05, 0.1) is 0 Å². The zero-order valence-corrected chi connectivity index (χ0v) is 13.6. The van der Waals surface area contributed by atoms with Gasteiger partial charge in [-0.15, -0.1) is 0 Å². The molecule has 0 atom stereocenters.